The lowest BCUT2D eigenvalue weighted by atomic mass is 10.2. The van der Waals surface area contributed by atoms with Crippen LogP contribution in [0.15, 0.2) is 48.7 Å². The van der Waals surface area contributed by atoms with Gasteiger partial charge in [0.25, 0.3) is 11.7 Å². The predicted molar refractivity (Wildman–Crippen MR) is 98.2 cm³/mol. The molecule has 2 amide bonds. The first-order valence-corrected chi connectivity index (χ1v) is 8.95. The highest BCUT2D eigenvalue weighted by molar-refractivity contribution is 6.10. The topological polar surface area (TPSA) is 71.2 Å². The number of fused-ring (bicyclic) bond motifs is 1. The number of amides is 2. The van der Waals surface area contributed by atoms with Crippen LogP contribution in [0.1, 0.15) is 0 Å². The largest absolute Gasteiger partial charge is 0.323 e. The number of nitrogens with zero attached hydrogens (tertiary/aromatic N) is 2. The third-order valence-corrected chi connectivity index (χ3v) is 4.98. The van der Waals surface area contributed by atoms with Gasteiger partial charge < -0.3 is 10.2 Å². The van der Waals surface area contributed by atoms with Crippen LogP contribution in [0.5, 0.6) is 0 Å². The molecular formula is C19H23N5O2+2. The zero-order valence-electron chi connectivity index (χ0n) is 14.6. The van der Waals surface area contributed by atoms with Crippen molar-refractivity contribution in [3.63, 3.8) is 0 Å². The normalized spacial score (nSPS) is 17.6. The molecule has 2 aromatic rings. The number of anilines is 3. The summed E-state index contributed by atoms with van der Waals surface area (Å²) in [6.07, 6.45) is 1.93. The molecule has 0 unspecified atom stereocenters. The van der Waals surface area contributed by atoms with Crippen LogP contribution in [0.25, 0.3) is 0 Å². The van der Waals surface area contributed by atoms with E-state index in [0.717, 1.165) is 37.7 Å². The van der Waals surface area contributed by atoms with Crippen LogP contribution in [0.2, 0.25) is 0 Å². The van der Waals surface area contributed by atoms with E-state index < -0.39 is 0 Å². The number of aromatic nitrogens is 1. The fraction of sp³-hybridized carbons (Fsp3) is 0.316. The van der Waals surface area contributed by atoms with Crippen molar-refractivity contribution < 1.29 is 19.5 Å². The fourth-order valence-electron chi connectivity index (χ4n) is 3.59. The Hall–Kier alpha value is -2.93. The first kappa shape index (κ1) is 16.5. The van der Waals surface area contributed by atoms with Gasteiger partial charge in [-0.25, -0.2) is 4.98 Å². The van der Waals surface area contributed by atoms with Crippen molar-refractivity contribution in [2.45, 2.75) is 0 Å². The summed E-state index contributed by atoms with van der Waals surface area (Å²) >= 11 is 0. The molecular weight excluding hydrogens is 330 g/mol. The lowest BCUT2D eigenvalue weighted by Gasteiger charge is -2.32. The average molecular weight is 353 g/mol. The minimum Gasteiger partial charge on any atom is -0.323 e. The zero-order valence-corrected chi connectivity index (χ0v) is 14.6. The van der Waals surface area contributed by atoms with E-state index in [-0.39, 0.29) is 18.4 Å². The molecule has 0 atom stereocenters. The fourth-order valence-corrected chi connectivity index (χ4v) is 3.59. The van der Waals surface area contributed by atoms with Gasteiger partial charge in [-0.1, -0.05) is 18.2 Å². The summed E-state index contributed by atoms with van der Waals surface area (Å²) in [6.45, 7) is 4.11. The molecule has 4 rings (SSSR count). The Morgan fingerprint density at radius 3 is 2.65 bits per heavy atom. The summed E-state index contributed by atoms with van der Waals surface area (Å²) < 4.78 is 0. The molecule has 7 nitrogen and oxygen atoms in total. The molecule has 0 saturated carbocycles. The van der Waals surface area contributed by atoms with Crippen molar-refractivity contribution >= 4 is 29.0 Å². The van der Waals surface area contributed by atoms with Crippen LogP contribution >= 0.6 is 0 Å². The Bertz CT molecular complexity index is 803. The van der Waals surface area contributed by atoms with Gasteiger partial charge in [-0.3, -0.25) is 19.4 Å². The van der Waals surface area contributed by atoms with Crippen LogP contribution in [-0.4, -0.2) is 51.1 Å². The third-order valence-electron chi connectivity index (χ3n) is 4.98. The summed E-state index contributed by atoms with van der Waals surface area (Å²) in [5.74, 6) is 0.970. The molecule has 2 aliphatic rings. The Morgan fingerprint density at radius 2 is 1.88 bits per heavy atom. The minimum atomic E-state index is -0.142. The molecule has 2 aliphatic heterocycles. The molecule has 26 heavy (non-hydrogen) atoms. The first-order valence-electron chi connectivity index (χ1n) is 8.95. The summed E-state index contributed by atoms with van der Waals surface area (Å²) in [4.78, 5) is 33.2. The SMILES string of the molecule is O=C1CN(C(=O)C[NH+]2CCN(c3cccc[nH+]3)CC2)c2ccccc2N1. The van der Waals surface area contributed by atoms with E-state index in [4.69, 9.17) is 0 Å². The lowest BCUT2D eigenvalue weighted by Crippen LogP contribution is -3.16. The maximum Gasteiger partial charge on any atom is 0.282 e. The van der Waals surface area contributed by atoms with Crippen molar-refractivity contribution in [3.8, 4) is 0 Å². The number of hydrogen-bond acceptors (Lipinski definition) is 3. The Labute approximate surface area is 152 Å². The van der Waals surface area contributed by atoms with Crippen molar-refractivity contribution in [2.24, 2.45) is 0 Å². The number of piperazine rings is 1. The second-order valence-corrected chi connectivity index (χ2v) is 6.71. The van der Waals surface area contributed by atoms with Crippen LogP contribution in [0.3, 0.4) is 0 Å². The smallest absolute Gasteiger partial charge is 0.282 e. The Morgan fingerprint density at radius 1 is 1.12 bits per heavy atom. The number of H-pyrrole nitrogens is 1. The predicted octanol–water partition coefficient (Wildman–Crippen LogP) is -0.809. The Kier molecular flexibility index (Phi) is 4.53. The van der Waals surface area contributed by atoms with Crippen LogP contribution in [-0.2, 0) is 9.59 Å². The molecule has 1 aromatic heterocycles. The van der Waals surface area contributed by atoms with Crippen LogP contribution in [0, 0.1) is 0 Å². The highest BCUT2D eigenvalue weighted by Crippen LogP contribution is 2.28. The number of hydrogen-bond donors (Lipinski definition) is 2. The van der Waals surface area contributed by atoms with Gasteiger partial charge in [-0.05, 0) is 18.2 Å². The van der Waals surface area contributed by atoms with Gasteiger partial charge in [0.15, 0.2) is 6.54 Å². The van der Waals surface area contributed by atoms with Crippen molar-refractivity contribution in [3.05, 3.63) is 48.7 Å². The van der Waals surface area contributed by atoms with Gasteiger partial charge in [-0.15, -0.1) is 0 Å². The summed E-state index contributed by atoms with van der Waals surface area (Å²) in [6, 6.07) is 13.5. The lowest BCUT2D eigenvalue weighted by molar-refractivity contribution is -0.892. The second kappa shape index (κ2) is 7.13. The van der Waals surface area contributed by atoms with Crippen molar-refractivity contribution in [2.75, 3.05) is 54.4 Å². The minimum absolute atomic E-state index is 0.00187. The third kappa shape index (κ3) is 3.39. The molecule has 1 aromatic carbocycles. The number of nitrogens with one attached hydrogen (secondary N) is 3. The van der Waals surface area contributed by atoms with E-state index in [2.05, 4.69) is 21.3 Å². The van der Waals surface area contributed by atoms with Gasteiger partial charge in [0.05, 0.1) is 17.6 Å². The number of carbonyl (C=O) groups excluding carboxylic acids is 2. The molecule has 0 spiro atoms. The maximum atomic E-state index is 12.8. The number of aromatic amines is 1. The zero-order chi connectivity index (χ0) is 17.9. The molecule has 1 fully saturated rings. The van der Waals surface area contributed by atoms with Gasteiger partial charge in [0, 0.05) is 6.07 Å². The molecule has 0 aliphatic carbocycles. The number of quaternary nitrogens is 1. The monoisotopic (exact) mass is 353 g/mol. The van der Waals surface area contributed by atoms with Crippen LogP contribution < -0.4 is 25.0 Å². The number of para-hydroxylation sites is 2. The van der Waals surface area contributed by atoms with Gasteiger partial charge in [-0.2, -0.15) is 0 Å². The highest BCUT2D eigenvalue weighted by atomic mass is 16.2. The molecule has 1 saturated heterocycles. The molecule has 134 valence electrons. The average Bonchev–Trinajstić information content (AvgIpc) is 2.68. The van der Waals surface area contributed by atoms with Crippen molar-refractivity contribution in [1.29, 1.82) is 0 Å². The Balaban J connectivity index is 1.38. The molecule has 0 radical (unpaired) electrons. The van der Waals surface area contributed by atoms with E-state index in [9.17, 15) is 9.59 Å². The van der Waals surface area contributed by atoms with E-state index in [1.165, 1.54) is 4.90 Å². The van der Waals surface area contributed by atoms with E-state index in [1.807, 2.05) is 42.6 Å². The van der Waals surface area contributed by atoms with E-state index in [1.54, 1.807) is 4.90 Å². The number of benzene rings is 1. The number of rotatable bonds is 3. The first-order chi connectivity index (χ1) is 12.7. The highest BCUT2D eigenvalue weighted by Gasteiger charge is 2.32. The maximum absolute atomic E-state index is 12.8. The second-order valence-electron chi connectivity index (χ2n) is 6.71. The molecule has 7 heteroatoms. The van der Waals surface area contributed by atoms with Crippen molar-refractivity contribution in [1.82, 2.24) is 0 Å². The molecule has 0 bridgehead atoms. The number of pyridine rings is 1. The summed E-state index contributed by atoms with van der Waals surface area (Å²) in [7, 11) is 0. The summed E-state index contributed by atoms with van der Waals surface area (Å²) in [5, 5.41) is 2.82. The summed E-state index contributed by atoms with van der Waals surface area (Å²) in [5.41, 5.74) is 1.49. The standard InChI is InChI=1S/C19H21N5O2/c25-18-13-24(16-6-2-1-5-15(16)21-18)19(26)14-22-9-11-23(12-10-22)17-7-3-4-8-20-17/h1-8H,9-14H2,(H,21,25)/p+2. The van der Waals surface area contributed by atoms with Gasteiger partial charge >= 0.3 is 0 Å². The van der Waals surface area contributed by atoms with Gasteiger partial charge in [0.1, 0.15) is 32.7 Å². The molecule has 3 N–H and O–H groups in total. The van der Waals surface area contributed by atoms with Gasteiger partial charge in [0.2, 0.25) is 5.91 Å². The number of carbonyl (C=O) groups is 2. The van der Waals surface area contributed by atoms with E-state index >= 15 is 0 Å². The quantitative estimate of drug-likeness (QED) is 0.758. The van der Waals surface area contributed by atoms with E-state index in [0.29, 0.717) is 12.2 Å². The molecule has 3 heterocycles. The van der Waals surface area contributed by atoms with Crippen LogP contribution in [0.4, 0.5) is 17.2 Å².